The third-order valence-corrected chi connectivity index (χ3v) is 5.93. The third-order valence-electron chi connectivity index (χ3n) is 4.27. The van der Waals surface area contributed by atoms with E-state index in [0.29, 0.717) is 21.8 Å². The Morgan fingerprint density at radius 3 is 2.59 bits per heavy atom. The van der Waals surface area contributed by atoms with Crippen LogP contribution in [0.25, 0.3) is 0 Å². The molecule has 0 aliphatic rings. The maximum Gasteiger partial charge on any atom is 0.416 e. The van der Waals surface area contributed by atoms with E-state index in [1.165, 1.54) is 0 Å². The van der Waals surface area contributed by atoms with Gasteiger partial charge in [0.25, 0.3) is 0 Å². The van der Waals surface area contributed by atoms with Gasteiger partial charge in [-0.15, -0.1) is 10.2 Å². The molecule has 3 rings (SSSR count). The van der Waals surface area contributed by atoms with Crippen molar-refractivity contribution in [3.8, 4) is 5.75 Å². The van der Waals surface area contributed by atoms with Crippen LogP contribution in [0.4, 0.5) is 18.9 Å². The van der Waals surface area contributed by atoms with Crippen LogP contribution in [0, 0.1) is 0 Å². The highest BCUT2D eigenvalue weighted by Crippen LogP contribution is 2.34. The average Bonchev–Trinajstić information content (AvgIpc) is 3.09. The topological polar surface area (TPSA) is 69.0 Å². The first kappa shape index (κ1) is 24.2. The van der Waals surface area contributed by atoms with E-state index in [-0.39, 0.29) is 16.5 Å². The number of para-hydroxylation sites is 1. The van der Waals surface area contributed by atoms with Crippen LogP contribution in [-0.2, 0) is 18.0 Å². The number of hydrogen-bond donors (Lipinski definition) is 1. The number of aromatic nitrogens is 3. The van der Waals surface area contributed by atoms with Gasteiger partial charge in [-0.2, -0.15) is 13.2 Å². The molecule has 2 aromatic carbocycles. The van der Waals surface area contributed by atoms with Crippen LogP contribution in [0.1, 0.15) is 24.4 Å². The van der Waals surface area contributed by atoms with Crippen LogP contribution in [0.5, 0.6) is 5.75 Å². The molecule has 0 spiro atoms. The summed E-state index contributed by atoms with van der Waals surface area (Å²) in [6, 6.07) is 9.74. The van der Waals surface area contributed by atoms with Gasteiger partial charge >= 0.3 is 6.18 Å². The summed E-state index contributed by atoms with van der Waals surface area (Å²) < 4.78 is 46.1. The molecule has 0 bridgehead atoms. The summed E-state index contributed by atoms with van der Waals surface area (Å²) in [5, 5.41) is 11.4. The Kier molecular flexibility index (Phi) is 7.58. The van der Waals surface area contributed by atoms with Gasteiger partial charge in [-0.3, -0.25) is 4.79 Å². The predicted octanol–water partition coefficient (Wildman–Crippen LogP) is 6.01. The van der Waals surface area contributed by atoms with Crippen molar-refractivity contribution in [1.29, 1.82) is 0 Å². The van der Waals surface area contributed by atoms with Crippen molar-refractivity contribution in [2.24, 2.45) is 7.05 Å². The quantitative estimate of drug-likeness (QED) is 0.399. The Balaban J connectivity index is 1.63. The number of carbonyl (C=O) groups excluding carboxylic acids is 1. The number of carbonyl (C=O) groups is 1. The van der Waals surface area contributed by atoms with Gasteiger partial charge < -0.3 is 14.6 Å². The number of rotatable bonds is 7. The van der Waals surface area contributed by atoms with Gasteiger partial charge in [0.1, 0.15) is 5.75 Å². The fraction of sp³-hybridized carbons (Fsp3) is 0.250. The van der Waals surface area contributed by atoms with E-state index in [4.69, 9.17) is 27.9 Å². The van der Waals surface area contributed by atoms with Gasteiger partial charge in [0.05, 0.1) is 27.0 Å². The van der Waals surface area contributed by atoms with Crippen molar-refractivity contribution < 1.29 is 22.7 Å². The van der Waals surface area contributed by atoms with Crippen molar-refractivity contribution >= 4 is 46.6 Å². The number of hydrogen-bond acceptors (Lipinski definition) is 5. The first-order chi connectivity index (χ1) is 15.1. The van der Waals surface area contributed by atoms with Crippen molar-refractivity contribution in [1.82, 2.24) is 14.8 Å². The van der Waals surface area contributed by atoms with Crippen LogP contribution >= 0.6 is 35.0 Å². The Morgan fingerprint density at radius 1 is 1.19 bits per heavy atom. The molecule has 1 atom stereocenters. The first-order valence-corrected chi connectivity index (χ1v) is 10.9. The van der Waals surface area contributed by atoms with Gasteiger partial charge in [0.15, 0.2) is 17.1 Å². The number of benzene rings is 2. The first-order valence-electron chi connectivity index (χ1n) is 9.16. The molecule has 0 unspecified atom stereocenters. The summed E-state index contributed by atoms with van der Waals surface area (Å²) >= 11 is 13.1. The predicted molar refractivity (Wildman–Crippen MR) is 117 cm³/mol. The number of anilines is 1. The van der Waals surface area contributed by atoms with E-state index < -0.39 is 23.8 Å². The lowest BCUT2D eigenvalue weighted by atomic mass is 10.2. The second-order valence-electron chi connectivity index (χ2n) is 6.62. The standard InChI is InChI=1S/C20H17Cl2F3N4O2S/c1-11(31-16-6-4-3-5-14(16)22)18-27-28-19(29(18)2)32-10-17(30)26-15-9-12(20(23,24)25)7-8-13(15)21/h3-9,11H,10H2,1-2H3,(H,26,30)/t11-/m1/s1. The van der Waals surface area contributed by atoms with E-state index in [1.54, 1.807) is 42.8 Å². The van der Waals surface area contributed by atoms with Gasteiger partial charge in [0, 0.05) is 7.05 Å². The minimum absolute atomic E-state index is 0.00263. The highest BCUT2D eigenvalue weighted by molar-refractivity contribution is 7.99. The molecule has 0 saturated carbocycles. The molecule has 0 fully saturated rings. The van der Waals surface area contributed by atoms with E-state index in [0.717, 1.165) is 30.0 Å². The molecule has 12 heteroatoms. The third kappa shape index (κ3) is 5.87. The molecule has 1 amide bonds. The van der Waals surface area contributed by atoms with Crippen LogP contribution in [0.3, 0.4) is 0 Å². The second kappa shape index (κ2) is 10.0. The van der Waals surface area contributed by atoms with Crippen LogP contribution in [0.2, 0.25) is 10.0 Å². The molecule has 0 aliphatic heterocycles. The molecule has 1 N–H and O–H groups in total. The number of alkyl halides is 3. The normalized spacial score (nSPS) is 12.5. The van der Waals surface area contributed by atoms with Gasteiger partial charge in [-0.1, -0.05) is 47.1 Å². The smallest absolute Gasteiger partial charge is 0.416 e. The summed E-state index contributed by atoms with van der Waals surface area (Å²) in [4.78, 5) is 12.3. The van der Waals surface area contributed by atoms with Gasteiger partial charge in [0.2, 0.25) is 5.91 Å². The molecule has 1 heterocycles. The molecule has 0 saturated heterocycles. The Labute approximate surface area is 196 Å². The number of thioether (sulfide) groups is 1. The zero-order valence-electron chi connectivity index (χ0n) is 16.8. The Hall–Kier alpha value is -2.43. The maximum absolute atomic E-state index is 12.9. The lowest BCUT2D eigenvalue weighted by Gasteiger charge is -2.15. The lowest BCUT2D eigenvalue weighted by Crippen LogP contribution is -2.16. The number of nitrogens with zero attached hydrogens (tertiary/aromatic N) is 3. The minimum atomic E-state index is -4.55. The maximum atomic E-state index is 12.9. The second-order valence-corrected chi connectivity index (χ2v) is 8.38. The summed E-state index contributed by atoms with van der Waals surface area (Å²) in [5.41, 5.74) is -1.03. The zero-order valence-corrected chi connectivity index (χ0v) is 19.1. The fourth-order valence-corrected chi connectivity index (χ4v) is 3.77. The monoisotopic (exact) mass is 504 g/mol. The number of amides is 1. The van der Waals surface area contributed by atoms with E-state index >= 15 is 0 Å². The Morgan fingerprint density at radius 2 is 1.91 bits per heavy atom. The number of halogens is 5. The molecule has 6 nitrogen and oxygen atoms in total. The highest BCUT2D eigenvalue weighted by atomic mass is 35.5. The largest absolute Gasteiger partial charge is 0.481 e. The SMILES string of the molecule is C[C@@H](Oc1ccccc1Cl)c1nnc(SCC(=O)Nc2cc(C(F)(F)F)ccc2Cl)n1C. The molecule has 1 aromatic heterocycles. The fourth-order valence-electron chi connectivity index (χ4n) is 2.70. The van der Waals surface area contributed by atoms with Crippen LogP contribution in [0.15, 0.2) is 47.6 Å². The average molecular weight is 505 g/mol. The van der Waals surface area contributed by atoms with Gasteiger partial charge in [-0.05, 0) is 37.3 Å². The Bertz CT molecular complexity index is 1120. The number of nitrogens with one attached hydrogen (secondary N) is 1. The minimum Gasteiger partial charge on any atom is -0.481 e. The summed E-state index contributed by atoms with van der Waals surface area (Å²) in [5.74, 6) is 0.351. The van der Waals surface area contributed by atoms with Crippen molar-refractivity contribution in [3.05, 3.63) is 63.9 Å². The molecule has 170 valence electrons. The summed E-state index contributed by atoms with van der Waals surface area (Å²) in [7, 11) is 1.71. The number of ether oxygens (including phenoxy) is 1. The molecular formula is C20H17Cl2F3N4O2S. The summed E-state index contributed by atoms with van der Waals surface area (Å²) in [6.07, 6.45) is -5.02. The van der Waals surface area contributed by atoms with E-state index in [9.17, 15) is 18.0 Å². The highest BCUT2D eigenvalue weighted by Gasteiger charge is 2.31. The summed E-state index contributed by atoms with van der Waals surface area (Å²) in [6.45, 7) is 1.78. The molecule has 0 aliphatic carbocycles. The molecule has 3 aromatic rings. The van der Waals surface area contributed by atoms with Crippen LogP contribution in [-0.4, -0.2) is 26.4 Å². The van der Waals surface area contributed by atoms with Gasteiger partial charge in [-0.25, -0.2) is 0 Å². The molecule has 0 radical (unpaired) electrons. The molecular weight excluding hydrogens is 488 g/mol. The zero-order chi connectivity index (χ0) is 23.5. The van der Waals surface area contributed by atoms with Crippen molar-refractivity contribution in [3.63, 3.8) is 0 Å². The van der Waals surface area contributed by atoms with Crippen LogP contribution < -0.4 is 10.1 Å². The van der Waals surface area contributed by atoms with E-state index in [2.05, 4.69) is 15.5 Å². The van der Waals surface area contributed by atoms with Crippen molar-refractivity contribution in [2.45, 2.75) is 24.4 Å². The van der Waals surface area contributed by atoms with E-state index in [1.807, 2.05) is 0 Å². The molecule has 32 heavy (non-hydrogen) atoms. The van der Waals surface area contributed by atoms with Crippen molar-refractivity contribution in [2.75, 3.05) is 11.1 Å². The lowest BCUT2D eigenvalue weighted by molar-refractivity contribution is -0.137.